The molecule has 2 aromatic rings. The molecule has 1 unspecified atom stereocenters. The summed E-state index contributed by atoms with van der Waals surface area (Å²) in [6.45, 7) is 21.5. The molecule has 0 N–H and O–H groups in total. The van der Waals surface area contributed by atoms with Crippen LogP contribution in [-0.2, 0) is 46.1 Å². The van der Waals surface area contributed by atoms with Crippen LogP contribution in [0.2, 0.25) is 11.6 Å². The van der Waals surface area contributed by atoms with E-state index in [2.05, 4.69) is 119 Å². The van der Waals surface area contributed by atoms with Crippen molar-refractivity contribution in [2.24, 2.45) is 0 Å². The molecular formula is C30H41Cl3SiTi. The van der Waals surface area contributed by atoms with Crippen molar-refractivity contribution >= 4 is 18.4 Å². The third-order valence-corrected chi connectivity index (χ3v) is 15.9. The quantitative estimate of drug-likeness (QED) is 0.334. The van der Waals surface area contributed by atoms with Gasteiger partial charge in [-0.3, -0.25) is 0 Å². The van der Waals surface area contributed by atoms with Crippen LogP contribution in [0.4, 0.5) is 0 Å². The molecule has 0 saturated heterocycles. The molecule has 0 radical (unpaired) electrons. The summed E-state index contributed by atoms with van der Waals surface area (Å²) in [6.07, 6.45) is 4.38. The van der Waals surface area contributed by atoms with Gasteiger partial charge in [0.05, 0.1) is 0 Å². The standard InChI is InChI=1S/C30H41Si.3ClH.Ti/c1-10-24-14-25(11-2)17-28(16-24)31(9,30(8)20-21(5)22(6)23(30)7)29-18-26(12-3)15-27(13-4)19-29;;;;/h14-19H,10-13H2,1-9H3;3*1H;/q;;;;+3/p-3. The third kappa shape index (κ3) is 5.76. The maximum Gasteiger partial charge on any atom is -1.00 e. The third-order valence-electron chi connectivity index (χ3n) is 8.64. The van der Waals surface area contributed by atoms with Crippen LogP contribution in [-0.4, -0.2) is 8.07 Å². The van der Waals surface area contributed by atoms with E-state index in [0.717, 1.165) is 25.7 Å². The Morgan fingerprint density at radius 2 is 0.943 bits per heavy atom. The van der Waals surface area contributed by atoms with Crippen LogP contribution in [0, 0.1) is 0 Å². The minimum Gasteiger partial charge on any atom is -1.00 e. The molecular weight excluding hydrogens is 543 g/mol. The largest absolute Gasteiger partial charge is 1.00 e. The van der Waals surface area contributed by atoms with Crippen LogP contribution in [0.1, 0.15) is 77.6 Å². The van der Waals surface area contributed by atoms with E-state index in [0.29, 0.717) is 0 Å². The van der Waals surface area contributed by atoms with Gasteiger partial charge in [0.1, 0.15) is 0 Å². The number of halogens is 3. The first-order valence-corrected chi connectivity index (χ1v) is 15.7. The Hall–Kier alpha value is -0.279. The SMILES string of the molecule is CCc1cc(CC)cc([Si](C)(c2cc(CC)cc(CC)c2)C2(C)C(C)=C(C)C(C)=[C]2[Ti+3])c1.[Cl-].[Cl-].[Cl-]. The number of hydrogen-bond acceptors (Lipinski definition) is 0. The smallest absolute Gasteiger partial charge is 1.00 e. The molecule has 0 aromatic heterocycles. The molecule has 1 aliphatic rings. The second-order valence-corrected chi connectivity index (χ2v) is 15.2. The van der Waals surface area contributed by atoms with Crippen molar-refractivity contribution in [1.82, 2.24) is 0 Å². The molecule has 190 valence electrons. The molecule has 0 heterocycles. The van der Waals surface area contributed by atoms with Gasteiger partial charge in [-0.15, -0.1) is 0 Å². The average Bonchev–Trinajstić information content (AvgIpc) is 2.98. The second kappa shape index (κ2) is 13.5. The van der Waals surface area contributed by atoms with E-state index in [1.807, 2.05) is 0 Å². The molecule has 0 aliphatic heterocycles. The second-order valence-electron chi connectivity index (χ2n) is 9.99. The van der Waals surface area contributed by atoms with E-state index in [-0.39, 0.29) is 42.3 Å². The van der Waals surface area contributed by atoms with E-state index < -0.39 is 8.07 Å². The Bertz CT molecular complexity index is 977. The van der Waals surface area contributed by atoms with Gasteiger partial charge in [-0.05, 0) is 0 Å². The first-order chi connectivity index (χ1) is 15.1. The number of allylic oxidation sites excluding steroid dienone is 4. The summed E-state index contributed by atoms with van der Waals surface area (Å²) in [7, 11) is -2.21. The number of hydrogen-bond donors (Lipinski definition) is 0. The zero-order valence-corrected chi connectivity index (χ0v) is 27.8. The van der Waals surface area contributed by atoms with E-state index in [9.17, 15) is 0 Å². The Balaban J connectivity index is 0.00000385. The molecule has 0 amide bonds. The monoisotopic (exact) mass is 582 g/mol. The number of benzene rings is 2. The Morgan fingerprint density at radius 3 is 1.17 bits per heavy atom. The Labute approximate surface area is 246 Å². The van der Waals surface area contributed by atoms with Crippen molar-refractivity contribution < 1.29 is 57.7 Å². The molecule has 0 saturated carbocycles. The van der Waals surface area contributed by atoms with Gasteiger partial charge in [0.25, 0.3) is 0 Å². The van der Waals surface area contributed by atoms with Gasteiger partial charge >= 0.3 is 211 Å². The average molecular weight is 584 g/mol. The molecule has 5 heteroatoms. The molecule has 1 aliphatic carbocycles. The summed E-state index contributed by atoms with van der Waals surface area (Å²) in [5.74, 6) is 0. The molecule has 2 aromatic carbocycles. The van der Waals surface area contributed by atoms with Crippen LogP contribution in [0.15, 0.2) is 57.0 Å². The minimum absolute atomic E-state index is 0. The van der Waals surface area contributed by atoms with Gasteiger partial charge < -0.3 is 37.2 Å². The Morgan fingerprint density at radius 1 is 0.629 bits per heavy atom. The van der Waals surface area contributed by atoms with Crippen molar-refractivity contribution in [2.45, 2.75) is 92.7 Å². The summed E-state index contributed by atoms with van der Waals surface area (Å²) < 4.78 is 1.58. The van der Waals surface area contributed by atoms with E-state index in [1.165, 1.54) is 33.4 Å². The Kier molecular flexibility index (Phi) is 13.4. The van der Waals surface area contributed by atoms with Crippen molar-refractivity contribution in [3.63, 3.8) is 0 Å². The molecule has 3 rings (SSSR count). The molecule has 0 spiro atoms. The maximum atomic E-state index is 2.66. The van der Waals surface area contributed by atoms with Crippen molar-refractivity contribution in [3.8, 4) is 0 Å². The van der Waals surface area contributed by atoms with Crippen LogP contribution in [0.5, 0.6) is 0 Å². The van der Waals surface area contributed by atoms with Crippen LogP contribution >= 0.6 is 0 Å². The van der Waals surface area contributed by atoms with Crippen molar-refractivity contribution in [2.75, 3.05) is 0 Å². The molecule has 0 bridgehead atoms. The summed E-state index contributed by atoms with van der Waals surface area (Å²) in [6, 6.07) is 15.1. The topological polar surface area (TPSA) is 0 Å². The van der Waals surface area contributed by atoms with Crippen LogP contribution in [0.25, 0.3) is 0 Å². The summed E-state index contributed by atoms with van der Waals surface area (Å²) >= 11 is 2.41. The van der Waals surface area contributed by atoms with Gasteiger partial charge in [0.15, 0.2) is 0 Å². The normalized spacial score (nSPS) is 17.7. The van der Waals surface area contributed by atoms with Crippen molar-refractivity contribution in [1.29, 1.82) is 0 Å². The summed E-state index contributed by atoms with van der Waals surface area (Å²) in [5.41, 5.74) is 10.5. The van der Waals surface area contributed by atoms with Crippen LogP contribution in [0.3, 0.4) is 0 Å². The van der Waals surface area contributed by atoms with Crippen LogP contribution < -0.4 is 47.6 Å². The minimum atomic E-state index is -2.21. The van der Waals surface area contributed by atoms with Gasteiger partial charge in [0, 0.05) is 0 Å². The predicted molar refractivity (Wildman–Crippen MR) is 141 cm³/mol. The zero-order chi connectivity index (χ0) is 23.8. The van der Waals surface area contributed by atoms with Gasteiger partial charge in [-0.25, -0.2) is 0 Å². The summed E-state index contributed by atoms with van der Waals surface area (Å²) in [4.78, 5) is 0. The first kappa shape index (κ1) is 34.7. The first-order valence-electron chi connectivity index (χ1n) is 12.5. The zero-order valence-electron chi connectivity index (χ0n) is 22.9. The molecule has 1 atom stereocenters. The fourth-order valence-electron chi connectivity index (χ4n) is 5.69. The maximum absolute atomic E-state index is 2.66. The van der Waals surface area contributed by atoms with E-state index >= 15 is 0 Å². The summed E-state index contributed by atoms with van der Waals surface area (Å²) in [5, 5.41) is 3.29. The fourth-order valence-corrected chi connectivity index (χ4v) is 12.5. The molecule has 0 fully saturated rings. The molecule has 0 nitrogen and oxygen atoms in total. The fraction of sp³-hybridized carbons (Fsp3) is 0.467. The number of aryl methyl sites for hydroxylation is 4. The van der Waals surface area contributed by atoms with Gasteiger partial charge in [-0.1, -0.05) is 0 Å². The van der Waals surface area contributed by atoms with Gasteiger partial charge in [0.2, 0.25) is 0 Å². The van der Waals surface area contributed by atoms with E-state index in [1.54, 1.807) is 19.8 Å². The van der Waals surface area contributed by atoms with Crippen molar-refractivity contribution in [3.05, 3.63) is 79.2 Å². The predicted octanol–water partition coefficient (Wildman–Crippen LogP) is -1.93. The number of rotatable bonds is 7. The van der Waals surface area contributed by atoms with Gasteiger partial charge in [-0.2, -0.15) is 0 Å². The molecule has 35 heavy (non-hydrogen) atoms. The van der Waals surface area contributed by atoms with E-state index in [4.69, 9.17) is 0 Å².